The molecule has 1 aromatic heterocycles. The molecule has 0 saturated carbocycles. The first kappa shape index (κ1) is 14.2. The van der Waals surface area contributed by atoms with Crippen LogP contribution < -0.4 is 5.73 Å². The first-order valence-electron chi connectivity index (χ1n) is 7.08. The summed E-state index contributed by atoms with van der Waals surface area (Å²) in [5, 5.41) is 4.37. The predicted molar refractivity (Wildman–Crippen MR) is 75.9 cm³/mol. The minimum absolute atomic E-state index is 0.254. The van der Waals surface area contributed by atoms with Crippen LogP contribution in [0.3, 0.4) is 0 Å². The van der Waals surface area contributed by atoms with Gasteiger partial charge >= 0.3 is 0 Å². The molecule has 2 N–H and O–H groups in total. The minimum atomic E-state index is -0.617. The molecule has 6 heteroatoms. The van der Waals surface area contributed by atoms with E-state index in [2.05, 4.69) is 10.00 Å². The number of likely N-dealkylation sites (tertiary alicyclic amines) is 1. The van der Waals surface area contributed by atoms with Gasteiger partial charge in [-0.3, -0.25) is 4.90 Å². The summed E-state index contributed by atoms with van der Waals surface area (Å²) in [6, 6.07) is 5.34. The zero-order chi connectivity index (χ0) is 14.8. The van der Waals surface area contributed by atoms with Gasteiger partial charge in [-0.15, -0.1) is 0 Å². The monoisotopic (exact) mass is 292 g/mol. The Labute approximate surface area is 122 Å². The number of nitrogens with two attached hydrogens (primary N) is 1. The van der Waals surface area contributed by atoms with Gasteiger partial charge in [0.2, 0.25) is 0 Å². The molecule has 3 rings (SSSR count). The van der Waals surface area contributed by atoms with Gasteiger partial charge in [0.25, 0.3) is 0 Å². The third-order valence-corrected chi connectivity index (χ3v) is 3.89. The van der Waals surface area contributed by atoms with Crippen LogP contribution in [0.15, 0.2) is 30.5 Å². The van der Waals surface area contributed by atoms with Gasteiger partial charge in [0.05, 0.1) is 5.69 Å². The average Bonchev–Trinajstić information content (AvgIpc) is 3.08. The summed E-state index contributed by atoms with van der Waals surface area (Å²) in [6.45, 7) is 3.44. The first-order valence-corrected chi connectivity index (χ1v) is 7.08. The summed E-state index contributed by atoms with van der Waals surface area (Å²) in [5.74, 6) is -0.649. The van der Waals surface area contributed by atoms with Crippen molar-refractivity contribution in [3.8, 4) is 5.69 Å². The molecule has 1 aromatic carbocycles. The van der Waals surface area contributed by atoms with E-state index >= 15 is 0 Å². The molecule has 1 fully saturated rings. The van der Waals surface area contributed by atoms with Gasteiger partial charge in [-0.25, -0.2) is 13.5 Å². The Morgan fingerprint density at radius 3 is 2.86 bits per heavy atom. The molecule has 1 saturated heterocycles. The highest BCUT2D eigenvalue weighted by molar-refractivity contribution is 5.33. The van der Waals surface area contributed by atoms with Gasteiger partial charge in [0.15, 0.2) is 5.82 Å². The first-order chi connectivity index (χ1) is 10.2. The Kier molecular flexibility index (Phi) is 3.98. The van der Waals surface area contributed by atoms with Crippen LogP contribution in [0.4, 0.5) is 8.78 Å². The maximum Gasteiger partial charge on any atom is 0.151 e. The van der Waals surface area contributed by atoms with Crippen molar-refractivity contribution in [3.63, 3.8) is 0 Å². The van der Waals surface area contributed by atoms with Crippen LogP contribution in [0.25, 0.3) is 5.69 Å². The number of hydrogen-bond donors (Lipinski definition) is 1. The van der Waals surface area contributed by atoms with Crippen LogP contribution in [0.2, 0.25) is 0 Å². The van der Waals surface area contributed by atoms with Gasteiger partial charge in [-0.05, 0) is 43.6 Å². The Morgan fingerprint density at radius 2 is 2.14 bits per heavy atom. The summed E-state index contributed by atoms with van der Waals surface area (Å²) >= 11 is 0. The molecule has 2 heterocycles. The molecule has 0 spiro atoms. The van der Waals surface area contributed by atoms with Crippen LogP contribution in [-0.4, -0.2) is 34.3 Å². The Morgan fingerprint density at radius 1 is 1.29 bits per heavy atom. The lowest BCUT2D eigenvalue weighted by Crippen LogP contribution is -2.23. The van der Waals surface area contributed by atoms with Gasteiger partial charge in [0, 0.05) is 25.4 Å². The lowest BCUT2D eigenvalue weighted by Gasteiger charge is -2.13. The van der Waals surface area contributed by atoms with E-state index in [1.54, 1.807) is 6.20 Å². The van der Waals surface area contributed by atoms with Crippen molar-refractivity contribution in [1.29, 1.82) is 0 Å². The maximum absolute atomic E-state index is 13.7. The van der Waals surface area contributed by atoms with Gasteiger partial charge < -0.3 is 5.73 Å². The summed E-state index contributed by atoms with van der Waals surface area (Å²) in [7, 11) is 0. The van der Waals surface area contributed by atoms with Crippen LogP contribution >= 0.6 is 0 Å². The molecular formula is C15H18F2N4. The highest BCUT2D eigenvalue weighted by atomic mass is 19.1. The van der Waals surface area contributed by atoms with Crippen LogP contribution in [0, 0.1) is 17.6 Å². The minimum Gasteiger partial charge on any atom is -0.330 e. The summed E-state index contributed by atoms with van der Waals surface area (Å²) < 4.78 is 28.1. The van der Waals surface area contributed by atoms with E-state index in [1.165, 1.54) is 16.8 Å². The van der Waals surface area contributed by atoms with Crippen LogP contribution in [0.5, 0.6) is 0 Å². The van der Waals surface area contributed by atoms with Crippen LogP contribution in [0.1, 0.15) is 12.1 Å². The zero-order valence-corrected chi connectivity index (χ0v) is 11.7. The lowest BCUT2D eigenvalue weighted by molar-refractivity contribution is 0.313. The fourth-order valence-electron chi connectivity index (χ4n) is 2.73. The summed E-state index contributed by atoms with van der Waals surface area (Å²) in [5.41, 5.74) is 6.80. The van der Waals surface area contributed by atoms with Crippen molar-refractivity contribution < 1.29 is 8.78 Å². The smallest absolute Gasteiger partial charge is 0.151 e. The van der Waals surface area contributed by atoms with Crippen molar-refractivity contribution in [1.82, 2.24) is 14.7 Å². The number of rotatable bonds is 4. The average molecular weight is 292 g/mol. The van der Waals surface area contributed by atoms with Crippen LogP contribution in [-0.2, 0) is 6.54 Å². The summed E-state index contributed by atoms with van der Waals surface area (Å²) in [4.78, 5) is 2.30. The van der Waals surface area contributed by atoms with E-state index < -0.39 is 11.6 Å². The van der Waals surface area contributed by atoms with E-state index in [1.807, 2.05) is 6.07 Å². The largest absolute Gasteiger partial charge is 0.330 e. The predicted octanol–water partition coefficient (Wildman–Crippen LogP) is 1.93. The lowest BCUT2D eigenvalue weighted by atomic mass is 10.1. The second kappa shape index (κ2) is 5.91. The molecule has 0 radical (unpaired) electrons. The van der Waals surface area contributed by atoms with E-state index in [-0.39, 0.29) is 5.69 Å². The summed E-state index contributed by atoms with van der Waals surface area (Å²) in [6.07, 6.45) is 2.81. The molecule has 112 valence electrons. The Balaban J connectivity index is 1.71. The number of nitrogens with zero attached hydrogens (tertiary/aromatic N) is 3. The quantitative estimate of drug-likeness (QED) is 0.936. The molecule has 0 bridgehead atoms. The maximum atomic E-state index is 13.7. The van der Waals surface area contributed by atoms with Crippen molar-refractivity contribution >= 4 is 0 Å². The van der Waals surface area contributed by atoms with E-state index in [0.29, 0.717) is 12.5 Å². The topological polar surface area (TPSA) is 47.1 Å². The van der Waals surface area contributed by atoms with Crippen molar-refractivity contribution in [2.75, 3.05) is 19.6 Å². The third-order valence-electron chi connectivity index (χ3n) is 3.89. The highest BCUT2D eigenvalue weighted by Crippen LogP contribution is 2.18. The number of halogens is 2. The van der Waals surface area contributed by atoms with E-state index in [9.17, 15) is 8.78 Å². The Bertz CT molecular complexity index is 626. The molecule has 2 aromatic rings. The normalized spacial score (nSPS) is 19.3. The number of hydrogen-bond acceptors (Lipinski definition) is 3. The second-order valence-corrected chi connectivity index (χ2v) is 5.47. The van der Waals surface area contributed by atoms with Crippen molar-refractivity contribution in [2.45, 2.75) is 13.0 Å². The van der Waals surface area contributed by atoms with Gasteiger partial charge in [-0.2, -0.15) is 5.10 Å². The molecule has 0 amide bonds. The second-order valence-electron chi connectivity index (χ2n) is 5.47. The fourth-order valence-corrected chi connectivity index (χ4v) is 2.73. The van der Waals surface area contributed by atoms with Crippen molar-refractivity contribution in [2.24, 2.45) is 11.7 Å². The highest BCUT2D eigenvalue weighted by Gasteiger charge is 2.21. The molecule has 1 atom stereocenters. The standard InChI is InChI=1S/C15H18F2N4/c16-12-1-2-15(14(17)7-12)21-6-4-13(19-21)10-20-5-3-11(8-18)9-20/h1-2,4,6-7,11H,3,5,8-10,18H2. The molecule has 1 aliphatic heterocycles. The molecule has 0 aliphatic carbocycles. The molecule has 1 aliphatic rings. The molecule has 21 heavy (non-hydrogen) atoms. The molecule has 4 nitrogen and oxygen atoms in total. The third kappa shape index (κ3) is 3.11. The van der Waals surface area contributed by atoms with Crippen molar-refractivity contribution in [3.05, 3.63) is 47.8 Å². The number of aromatic nitrogens is 2. The molecular weight excluding hydrogens is 274 g/mol. The van der Waals surface area contributed by atoms with Gasteiger partial charge in [-0.1, -0.05) is 0 Å². The van der Waals surface area contributed by atoms with E-state index in [4.69, 9.17) is 5.73 Å². The SMILES string of the molecule is NCC1CCN(Cc2ccn(-c3ccc(F)cc3F)n2)C1. The van der Waals surface area contributed by atoms with Gasteiger partial charge in [0.1, 0.15) is 11.5 Å². The number of benzene rings is 1. The zero-order valence-electron chi connectivity index (χ0n) is 11.7. The fraction of sp³-hybridized carbons (Fsp3) is 0.400. The molecule has 1 unspecified atom stereocenters. The van der Waals surface area contributed by atoms with E-state index in [0.717, 1.165) is 37.8 Å². The Hall–Kier alpha value is -1.79.